The van der Waals surface area contributed by atoms with Crippen LogP contribution in [-0.2, 0) is 16.1 Å². The summed E-state index contributed by atoms with van der Waals surface area (Å²) in [5.74, 6) is -1.89. The third kappa shape index (κ3) is 2.81. The van der Waals surface area contributed by atoms with E-state index in [0.717, 1.165) is 12.8 Å². The molecule has 7 nitrogen and oxygen atoms in total. The van der Waals surface area contributed by atoms with Crippen molar-refractivity contribution in [3.63, 3.8) is 0 Å². The number of amides is 2. The highest BCUT2D eigenvalue weighted by molar-refractivity contribution is 5.96. The number of rotatable bonds is 4. The van der Waals surface area contributed by atoms with E-state index in [-0.39, 0.29) is 18.1 Å². The van der Waals surface area contributed by atoms with Gasteiger partial charge in [-0.2, -0.15) is 0 Å². The van der Waals surface area contributed by atoms with Gasteiger partial charge in [0.1, 0.15) is 18.3 Å². The average Bonchev–Trinajstić information content (AvgIpc) is 2.85. The van der Waals surface area contributed by atoms with Crippen LogP contribution in [0.2, 0.25) is 0 Å². The predicted molar refractivity (Wildman–Crippen MR) is 69.9 cm³/mol. The summed E-state index contributed by atoms with van der Waals surface area (Å²) in [6, 6.07) is 2.56. The Labute approximate surface area is 116 Å². The van der Waals surface area contributed by atoms with E-state index in [4.69, 9.17) is 10.8 Å². The quantitative estimate of drug-likeness (QED) is 0.812. The van der Waals surface area contributed by atoms with Gasteiger partial charge in [0, 0.05) is 12.7 Å². The highest BCUT2D eigenvalue weighted by Crippen LogP contribution is 2.19. The number of aromatic nitrogens is 1. The van der Waals surface area contributed by atoms with Crippen LogP contribution in [0, 0.1) is 0 Å². The molecule has 108 valence electrons. The second kappa shape index (κ2) is 5.77. The summed E-state index contributed by atoms with van der Waals surface area (Å²) in [6.07, 6.45) is 3.76. The fourth-order valence-electron chi connectivity index (χ4n) is 2.51. The highest BCUT2D eigenvalue weighted by atomic mass is 16.4. The lowest BCUT2D eigenvalue weighted by Gasteiger charge is -2.33. The molecule has 1 aliphatic rings. The van der Waals surface area contributed by atoms with Gasteiger partial charge in [0.15, 0.2) is 0 Å². The molecule has 1 aliphatic heterocycles. The molecule has 0 aromatic carbocycles. The largest absolute Gasteiger partial charge is 0.480 e. The Morgan fingerprint density at radius 3 is 2.75 bits per heavy atom. The van der Waals surface area contributed by atoms with E-state index in [2.05, 4.69) is 0 Å². The molecule has 1 aromatic rings. The van der Waals surface area contributed by atoms with Crippen LogP contribution in [0.1, 0.15) is 29.8 Å². The summed E-state index contributed by atoms with van der Waals surface area (Å²) >= 11 is 0. The third-order valence-corrected chi connectivity index (χ3v) is 3.45. The van der Waals surface area contributed by atoms with Crippen molar-refractivity contribution in [3.8, 4) is 0 Å². The number of likely N-dealkylation sites (tertiary alicyclic amines) is 1. The van der Waals surface area contributed by atoms with Gasteiger partial charge in [0.25, 0.3) is 5.91 Å². The van der Waals surface area contributed by atoms with Crippen LogP contribution in [0.15, 0.2) is 18.3 Å². The summed E-state index contributed by atoms with van der Waals surface area (Å²) in [5.41, 5.74) is 5.60. The van der Waals surface area contributed by atoms with E-state index >= 15 is 0 Å². The normalized spacial score (nSPS) is 18.8. The van der Waals surface area contributed by atoms with Gasteiger partial charge in [-0.05, 0) is 31.4 Å². The minimum atomic E-state index is -1.03. The predicted octanol–water partition coefficient (Wildman–Crippen LogP) is 0.0527. The molecule has 1 atom stereocenters. The van der Waals surface area contributed by atoms with Crippen LogP contribution < -0.4 is 5.73 Å². The first kappa shape index (κ1) is 14.1. The molecule has 0 spiro atoms. The Hall–Kier alpha value is -2.31. The van der Waals surface area contributed by atoms with E-state index in [9.17, 15) is 14.4 Å². The zero-order valence-corrected chi connectivity index (χ0v) is 11.0. The van der Waals surface area contributed by atoms with Crippen molar-refractivity contribution in [1.82, 2.24) is 9.47 Å². The van der Waals surface area contributed by atoms with Crippen LogP contribution in [0.5, 0.6) is 0 Å². The summed E-state index contributed by atoms with van der Waals surface area (Å²) < 4.78 is 1.36. The maximum Gasteiger partial charge on any atom is 0.323 e. The average molecular weight is 279 g/mol. The number of carbonyl (C=O) groups is 3. The zero-order valence-electron chi connectivity index (χ0n) is 11.0. The number of hydrogen-bond donors (Lipinski definition) is 2. The van der Waals surface area contributed by atoms with Crippen LogP contribution in [-0.4, -0.2) is 44.9 Å². The molecule has 20 heavy (non-hydrogen) atoms. The topological polar surface area (TPSA) is 106 Å². The second-order valence-corrected chi connectivity index (χ2v) is 4.83. The van der Waals surface area contributed by atoms with Gasteiger partial charge >= 0.3 is 5.97 Å². The van der Waals surface area contributed by atoms with Gasteiger partial charge in [0.05, 0.1) is 0 Å². The second-order valence-electron chi connectivity index (χ2n) is 4.83. The molecule has 1 aromatic heterocycles. The van der Waals surface area contributed by atoms with Crippen molar-refractivity contribution in [3.05, 3.63) is 24.0 Å². The van der Waals surface area contributed by atoms with Gasteiger partial charge in [-0.3, -0.25) is 14.4 Å². The van der Waals surface area contributed by atoms with Crippen molar-refractivity contribution in [2.45, 2.75) is 31.8 Å². The van der Waals surface area contributed by atoms with Crippen molar-refractivity contribution in [2.75, 3.05) is 6.54 Å². The maximum absolute atomic E-state index is 12.5. The van der Waals surface area contributed by atoms with Crippen molar-refractivity contribution in [1.29, 1.82) is 0 Å². The van der Waals surface area contributed by atoms with Crippen LogP contribution in [0.25, 0.3) is 0 Å². The van der Waals surface area contributed by atoms with Crippen LogP contribution in [0.4, 0.5) is 0 Å². The minimum Gasteiger partial charge on any atom is -0.480 e. The lowest BCUT2D eigenvalue weighted by molar-refractivity contribution is -0.137. The SMILES string of the molecule is NC(=O)C1CCCCN1C(=O)c1cccn1CC(=O)O. The smallest absolute Gasteiger partial charge is 0.323 e. The molecule has 0 aliphatic carbocycles. The van der Waals surface area contributed by atoms with E-state index in [1.807, 2.05) is 0 Å². The lowest BCUT2D eigenvalue weighted by Crippen LogP contribution is -2.50. The van der Waals surface area contributed by atoms with Crippen LogP contribution >= 0.6 is 0 Å². The van der Waals surface area contributed by atoms with Crippen molar-refractivity contribution >= 4 is 17.8 Å². The van der Waals surface area contributed by atoms with Gasteiger partial charge in [0.2, 0.25) is 5.91 Å². The molecule has 0 bridgehead atoms. The number of carboxylic acids is 1. The summed E-state index contributed by atoms with van der Waals surface area (Å²) in [4.78, 5) is 36.1. The first-order chi connectivity index (χ1) is 9.50. The molecule has 1 fully saturated rings. The molecular formula is C13H17N3O4. The van der Waals surface area contributed by atoms with E-state index in [1.165, 1.54) is 15.7 Å². The minimum absolute atomic E-state index is 0.264. The molecule has 0 radical (unpaired) electrons. The summed E-state index contributed by atoms with van der Waals surface area (Å²) in [6.45, 7) is 0.174. The Morgan fingerprint density at radius 1 is 1.35 bits per heavy atom. The molecule has 1 unspecified atom stereocenters. The Balaban J connectivity index is 2.23. The van der Waals surface area contributed by atoms with Crippen molar-refractivity contribution in [2.24, 2.45) is 5.73 Å². The lowest BCUT2D eigenvalue weighted by atomic mass is 10.0. The Kier molecular flexibility index (Phi) is 4.07. The molecule has 2 rings (SSSR count). The van der Waals surface area contributed by atoms with Gasteiger partial charge in [-0.15, -0.1) is 0 Å². The molecule has 3 N–H and O–H groups in total. The van der Waals surface area contributed by atoms with Gasteiger partial charge < -0.3 is 20.3 Å². The van der Waals surface area contributed by atoms with E-state index in [1.54, 1.807) is 12.1 Å². The number of hydrogen-bond acceptors (Lipinski definition) is 3. The highest BCUT2D eigenvalue weighted by Gasteiger charge is 2.32. The molecular weight excluding hydrogens is 262 g/mol. The number of nitrogens with two attached hydrogens (primary N) is 1. The fourth-order valence-corrected chi connectivity index (χ4v) is 2.51. The third-order valence-electron chi connectivity index (χ3n) is 3.45. The number of piperidine rings is 1. The van der Waals surface area contributed by atoms with Gasteiger partial charge in [-0.25, -0.2) is 0 Å². The standard InChI is InChI=1S/C13H17N3O4/c14-12(19)9-4-1-2-7-16(9)13(20)10-5-3-6-15(10)8-11(17)18/h3,5-6,9H,1-2,4,7-8H2,(H2,14,19)(H,17,18). The number of carbonyl (C=O) groups excluding carboxylic acids is 2. The zero-order chi connectivity index (χ0) is 14.7. The Bertz CT molecular complexity index is 537. The van der Waals surface area contributed by atoms with E-state index < -0.39 is 17.9 Å². The van der Waals surface area contributed by atoms with Gasteiger partial charge in [-0.1, -0.05) is 0 Å². The molecule has 2 heterocycles. The maximum atomic E-state index is 12.5. The molecule has 2 amide bonds. The van der Waals surface area contributed by atoms with Crippen LogP contribution in [0.3, 0.4) is 0 Å². The number of carboxylic acid groups (broad SMARTS) is 1. The Morgan fingerprint density at radius 2 is 2.10 bits per heavy atom. The van der Waals surface area contributed by atoms with Crippen molar-refractivity contribution < 1.29 is 19.5 Å². The number of primary amides is 1. The summed E-state index contributed by atoms with van der Waals surface area (Å²) in [7, 11) is 0. The fraction of sp³-hybridized carbons (Fsp3) is 0.462. The summed E-state index contributed by atoms with van der Waals surface area (Å²) in [5, 5.41) is 8.82. The molecule has 1 saturated heterocycles. The number of nitrogens with zero attached hydrogens (tertiary/aromatic N) is 2. The first-order valence-electron chi connectivity index (χ1n) is 6.48. The first-order valence-corrected chi connectivity index (χ1v) is 6.48. The monoisotopic (exact) mass is 279 g/mol. The number of aliphatic carboxylic acids is 1. The molecule has 0 saturated carbocycles. The van der Waals surface area contributed by atoms with E-state index in [0.29, 0.717) is 13.0 Å². The molecule has 7 heteroatoms.